The lowest BCUT2D eigenvalue weighted by molar-refractivity contribution is 0.101. The molecular formula is C15H23NO3S. The largest absolute Gasteiger partial charge is 0.497 e. The Morgan fingerprint density at radius 2 is 2.15 bits per heavy atom. The molecule has 0 amide bonds. The first-order valence-corrected chi connectivity index (χ1v) is 8.46. The van der Waals surface area contributed by atoms with Gasteiger partial charge in [0.05, 0.1) is 13.2 Å². The van der Waals surface area contributed by atoms with E-state index in [2.05, 4.69) is 4.90 Å². The third kappa shape index (κ3) is 4.04. The lowest BCUT2D eigenvalue weighted by Crippen LogP contribution is -2.39. The normalized spacial score (nSPS) is 24.6. The molecule has 1 heterocycles. The smallest absolute Gasteiger partial charge is 0.119 e. The first kappa shape index (κ1) is 15.5. The van der Waals surface area contributed by atoms with Gasteiger partial charge < -0.3 is 14.7 Å². The topological polar surface area (TPSA) is 49.8 Å². The summed E-state index contributed by atoms with van der Waals surface area (Å²) in [6.45, 7) is 0.588. The molecule has 1 aromatic rings. The fraction of sp³-hybridized carbons (Fsp3) is 0.600. The van der Waals surface area contributed by atoms with Crippen molar-refractivity contribution in [2.75, 3.05) is 32.2 Å². The molecule has 1 fully saturated rings. The maximum Gasteiger partial charge on any atom is 0.119 e. The molecule has 0 aliphatic carbocycles. The van der Waals surface area contributed by atoms with Crippen LogP contribution in [-0.4, -0.2) is 52.5 Å². The molecule has 0 aromatic heterocycles. The minimum atomic E-state index is -0.636. The number of benzene rings is 1. The standard InChI is InChI=1S/C15H23NO3S/c1-16(13-6-8-20(18)9-7-13)11-15(17)12-4-3-5-14(10-12)19-2/h3-5,10,13,15,17H,6-9,11H2,1-2H3. The van der Waals surface area contributed by atoms with Crippen LogP contribution < -0.4 is 4.74 Å². The predicted molar refractivity (Wildman–Crippen MR) is 81.5 cm³/mol. The quantitative estimate of drug-likeness (QED) is 0.896. The van der Waals surface area contributed by atoms with Crippen molar-refractivity contribution in [3.05, 3.63) is 29.8 Å². The van der Waals surface area contributed by atoms with Crippen molar-refractivity contribution in [3.63, 3.8) is 0 Å². The molecule has 0 bridgehead atoms. The van der Waals surface area contributed by atoms with Crippen molar-refractivity contribution < 1.29 is 14.1 Å². The zero-order valence-corrected chi connectivity index (χ0v) is 12.9. The van der Waals surface area contributed by atoms with Gasteiger partial charge in [0.1, 0.15) is 5.75 Å². The Hall–Kier alpha value is -0.910. The van der Waals surface area contributed by atoms with Crippen LogP contribution in [0.15, 0.2) is 24.3 Å². The summed E-state index contributed by atoms with van der Waals surface area (Å²) in [6, 6.07) is 7.97. The Bertz CT molecular complexity index is 456. The Morgan fingerprint density at radius 3 is 2.80 bits per heavy atom. The van der Waals surface area contributed by atoms with Gasteiger partial charge in [-0.05, 0) is 37.6 Å². The molecule has 5 heteroatoms. The van der Waals surface area contributed by atoms with Gasteiger partial charge in [0.2, 0.25) is 0 Å². The van der Waals surface area contributed by atoms with E-state index < -0.39 is 16.9 Å². The molecule has 1 saturated heterocycles. The van der Waals surface area contributed by atoms with Gasteiger partial charge >= 0.3 is 0 Å². The van der Waals surface area contributed by atoms with Crippen LogP contribution in [0.1, 0.15) is 24.5 Å². The number of hydrogen-bond donors (Lipinski definition) is 1. The van der Waals surface area contributed by atoms with Crippen LogP contribution in [0.2, 0.25) is 0 Å². The molecule has 20 heavy (non-hydrogen) atoms. The molecule has 4 nitrogen and oxygen atoms in total. The van der Waals surface area contributed by atoms with E-state index in [9.17, 15) is 9.32 Å². The molecule has 0 spiro atoms. The number of ether oxygens (including phenoxy) is 1. The van der Waals surface area contributed by atoms with Crippen LogP contribution in [0.4, 0.5) is 0 Å². The molecule has 1 aromatic carbocycles. The minimum absolute atomic E-state index is 0.424. The number of likely N-dealkylation sites (N-methyl/N-ethyl adjacent to an activating group) is 1. The number of nitrogens with zero attached hydrogens (tertiary/aromatic N) is 1. The van der Waals surface area contributed by atoms with Crippen LogP contribution in [0.5, 0.6) is 5.75 Å². The summed E-state index contributed by atoms with van der Waals surface area (Å²) in [4.78, 5) is 2.18. The fourth-order valence-corrected chi connectivity index (χ4v) is 3.87. The molecule has 0 radical (unpaired) electrons. The van der Waals surface area contributed by atoms with E-state index in [4.69, 9.17) is 4.74 Å². The molecule has 1 atom stereocenters. The van der Waals surface area contributed by atoms with Crippen LogP contribution in [0.3, 0.4) is 0 Å². The van der Waals surface area contributed by atoms with Crippen molar-refractivity contribution in [1.82, 2.24) is 4.90 Å². The van der Waals surface area contributed by atoms with Crippen molar-refractivity contribution in [1.29, 1.82) is 0 Å². The van der Waals surface area contributed by atoms with E-state index in [1.165, 1.54) is 0 Å². The van der Waals surface area contributed by atoms with Gasteiger partial charge in [-0.2, -0.15) is 0 Å². The van der Waals surface area contributed by atoms with Crippen molar-refractivity contribution >= 4 is 10.8 Å². The van der Waals surface area contributed by atoms with Crippen molar-refractivity contribution in [2.45, 2.75) is 25.0 Å². The maximum absolute atomic E-state index is 11.4. The van der Waals surface area contributed by atoms with Crippen molar-refractivity contribution in [3.8, 4) is 5.75 Å². The zero-order chi connectivity index (χ0) is 14.5. The molecule has 1 unspecified atom stereocenters. The number of methoxy groups -OCH3 is 1. The Morgan fingerprint density at radius 1 is 1.45 bits per heavy atom. The summed E-state index contributed by atoms with van der Waals surface area (Å²) >= 11 is 0. The SMILES string of the molecule is COc1cccc(C(O)CN(C)C2CCS(=O)CC2)c1. The van der Waals surface area contributed by atoms with E-state index in [0.29, 0.717) is 12.6 Å². The molecule has 1 N–H and O–H groups in total. The van der Waals surface area contributed by atoms with Crippen LogP contribution in [0, 0.1) is 0 Å². The number of aliphatic hydroxyl groups excluding tert-OH is 1. The summed E-state index contributed by atoms with van der Waals surface area (Å²) in [7, 11) is 3.02. The third-order valence-corrected chi connectivity index (χ3v) is 5.30. The van der Waals surface area contributed by atoms with E-state index in [1.807, 2.05) is 31.3 Å². The summed E-state index contributed by atoms with van der Waals surface area (Å²) in [5.74, 6) is 2.33. The van der Waals surface area contributed by atoms with E-state index in [0.717, 1.165) is 35.7 Å². The highest BCUT2D eigenvalue weighted by atomic mass is 32.2. The lowest BCUT2D eigenvalue weighted by atomic mass is 10.1. The summed E-state index contributed by atoms with van der Waals surface area (Å²) < 4.78 is 16.6. The minimum Gasteiger partial charge on any atom is -0.497 e. The van der Waals surface area contributed by atoms with E-state index in [1.54, 1.807) is 7.11 Å². The van der Waals surface area contributed by atoms with Crippen LogP contribution in [-0.2, 0) is 10.8 Å². The van der Waals surface area contributed by atoms with E-state index >= 15 is 0 Å². The Balaban J connectivity index is 1.92. The van der Waals surface area contributed by atoms with Gasteiger partial charge in [-0.25, -0.2) is 0 Å². The predicted octanol–water partition coefficient (Wildman–Crippen LogP) is 1.57. The second-order valence-electron chi connectivity index (χ2n) is 5.31. The fourth-order valence-electron chi connectivity index (χ4n) is 2.60. The van der Waals surface area contributed by atoms with Crippen LogP contribution >= 0.6 is 0 Å². The average molecular weight is 297 g/mol. The van der Waals surface area contributed by atoms with Gasteiger partial charge in [0.25, 0.3) is 0 Å². The Labute approximate surface area is 123 Å². The highest BCUT2D eigenvalue weighted by molar-refractivity contribution is 7.85. The molecule has 0 saturated carbocycles. The maximum atomic E-state index is 11.4. The number of aliphatic hydroxyl groups is 1. The average Bonchev–Trinajstić information content (AvgIpc) is 2.47. The van der Waals surface area contributed by atoms with Gasteiger partial charge in [-0.15, -0.1) is 0 Å². The summed E-state index contributed by atoms with van der Waals surface area (Å²) in [5.41, 5.74) is 0.871. The summed E-state index contributed by atoms with van der Waals surface area (Å²) in [5, 5.41) is 10.3. The zero-order valence-electron chi connectivity index (χ0n) is 12.1. The van der Waals surface area contributed by atoms with Gasteiger partial charge in [-0.1, -0.05) is 12.1 Å². The molecule has 2 rings (SSSR count). The Kier molecular flexibility index (Phi) is 5.57. The first-order chi connectivity index (χ1) is 9.60. The first-order valence-electron chi connectivity index (χ1n) is 6.97. The highest BCUT2D eigenvalue weighted by Gasteiger charge is 2.23. The van der Waals surface area contributed by atoms with Gasteiger partial charge in [-0.3, -0.25) is 4.21 Å². The number of hydrogen-bond acceptors (Lipinski definition) is 4. The molecule has 1 aliphatic rings. The van der Waals surface area contributed by atoms with Crippen LogP contribution in [0.25, 0.3) is 0 Å². The van der Waals surface area contributed by atoms with E-state index in [-0.39, 0.29) is 0 Å². The highest BCUT2D eigenvalue weighted by Crippen LogP contribution is 2.22. The number of rotatable bonds is 5. The third-order valence-electron chi connectivity index (χ3n) is 3.92. The van der Waals surface area contributed by atoms with Gasteiger partial charge in [0, 0.05) is 34.9 Å². The second kappa shape index (κ2) is 7.20. The van der Waals surface area contributed by atoms with Gasteiger partial charge in [0.15, 0.2) is 0 Å². The monoisotopic (exact) mass is 297 g/mol. The summed E-state index contributed by atoms with van der Waals surface area (Å²) in [6.07, 6.45) is 1.38. The molecule has 112 valence electrons. The van der Waals surface area contributed by atoms with Crippen molar-refractivity contribution in [2.24, 2.45) is 0 Å². The molecular weight excluding hydrogens is 274 g/mol. The second-order valence-corrected chi connectivity index (χ2v) is 7.01. The lowest BCUT2D eigenvalue weighted by Gasteiger charge is -2.32. The molecule has 1 aliphatic heterocycles.